The summed E-state index contributed by atoms with van der Waals surface area (Å²) in [7, 11) is 3.42. The lowest BCUT2D eigenvalue weighted by molar-refractivity contribution is -0.162. The molecule has 4 heteroatoms. The Hall–Kier alpha value is -1.26. The van der Waals surface area contributed by atoms with Crippen molar-refractivity contribution in [2.24, 2.45) is 5.92 Å². The SMILES string of the molecule is CCCN(CC1CCc2c(ccc(OC)c2OC)C1)OCC. The van der Waals surface area contributed by atoms with E-state index in [2.05, 4.69) is 25.0 Å². The average molecular weight is 307 g/mol. The van der Waals surface area contributed by atoms with Crippen molar-refractivity contribution in [3.8, 4) is 11.5 Å². The monoisotopic (exact) mass is 307 g/mol. The number of ether oxygens (including phenoxy) is 2. The van der Waals surface area contributed by atoms with Gasteiger partial charge in [0, 0.05) is 18.7 Å². The summed E-state index contributed by atoms with van der Waals surface area (Å²) < 4.78 is 11.0. The Morgan fingerprint density at radius 2 is 2.00 bits per heavy atom. The van der Waals surface area contributed by atoms with E-state index in [4.69, 9.17) is 14.3 Å². The van der Waals surface area contributed by atoms with Crippen molar-refractivity contribution in [1.82, 2.24) is 5.06 Å². The van der Waals surface area contributed by atoms with Gasteiger partial charge in [-0.2, -0.15) is 5.06 Å². The Labute approximate surface area is 134 Å². The normalized spacial score (nSPS) is 17.4. The van der Waals surface area contributed by atoms with Crippen LogP contribution in [0.15, 0.2) is 12.1 Å². The zero-order valence-electron chi connectivity index (χ0n) is 14.4. The molecule has 124 valence electrons. The number of hydrogen-bond donors (Lipinski definition) is 0. The predicted octanol–water partition coefficient (Wildman–Crippen LogP) is 3.47. The lowest BCUT2D eigenvalue weighted by Gasteiger charge is -2.30. The number of rotatable bonds is 8. The fraction of sp³-hybridized carbons (Fsp3) is 0.667. The van der Waals surface area contributed by atoms with Crippen LogP contribution >= 0.6 is 0 Å². The zero-order chi connectivity index (χ0) is 15.9. The van der Waals surface area contributed by atoms with Gasteiger partial charge < -0.3 is 9.47 Å². The maximum Gasteiger partial charge on any atom is 0.164 e. The van der Waals surface area contributed by atoms with E-state index in [1.165, 1.54) is 17.5 Å². The van der Waals surface area contributed by atoms with Crippen molar-refractivity contribution in [3.63, 3.8) is 0 Å². The highest BCUT2D eigenvalue weighted by Crippen LogP contribution is 2.38. The van der Waals surface area contributed by atoms with Crippen molar-refractivity contribution in [2.75, 3.05) is 33.9 Å². The molecule has 0 amide bonds. The summed E-state index contributed by atoms with van der Waals surface area (Å²) in [5.74, 6) is 2.39. The third-order valence-electron chi connectivity index (χ3n) is 4.30. The second-order valence-corrected chi connectivity index (χ2v) is 5.85. The Morgan fingerprint density at radius 3 is 2.64 bits per heavy atom. The minimum Gasteiger partial charge on any atom is -0.493 e. The van der Waals surface area contributed by atoms with Crippen LogP contribution in [0.4, 0.5) is 0 Å². The van der Waals surface area contributed by atoms with Gasteiger partial charge in [-0.05, 0) is 50.2 Å². The van der Waals surface area contributed by atoms with Gasteiger partial charge in [0.1, 0.15) is 0 Å². The van der Waals surface area contributed by atoms with E-state index in [9.17, 15) is 0 Å². The summed E-state index contributed by atoms with van der Waals surface area (Å²) in [5.41, 5.74) is 2.71. The molecule has 0 saturated heterocycles. The van der Waals surface area contributed by atoms with E-state index < -0.39 is 0 Å². The molecule has 2 rings (SSSR count). The molecule has 1 aliphatic carbocycles. The van der Waals surface area contributed by atoms with Crippen LogP contribution in [0.1, 0.15) is 37.8 Å². The molecule has 0 saturated carbocycles. The van der Waals surface area contributed by atoms with Gasteiger partial charge in [-0.3, -0.25) is 4.84 Å². The smallest absolute Gasteiger partial charge is 0.164 e. The van der Waals surface area contributed by atoms with Crippen molar-refractivity contribution in [3.05, 3.63) is 23.3 Å². The molecule has 1 unspecified atom stereocenters. The standard InChI is InChI=1S/C18H29NO3/c1-5-11-19(22-6-2)13-14-7-9-16-15(12-14)8-10-17(20-3)18(16)21-4/h8,10,14H,5-7,9,11-13H2,1-4H3. The van der Waals surface area contributed by atoms with E-state index in [0.717, 1.165) is 50.5 Å². The van der Waals surface area contributed by atoms with E-state index in [1.807, 2.05) is 6.07 Å². The molecule has 0 bridgehead atoms. The summed E-state index contributed by atoms with van der Waals surface area (Å²) >= 11 is 0. The largest absolute Gasteiger partial charge is 0.493 e. The van der Waals surface area contributed by atoms with Gasteiger partial charge in [0.2, 0.25) is 0 Å². The molecular weight excluding hydrogens is 278 g/mol. The van der Waals surface area contributed by atoms with Gasteiger partial charge in [-0.1, -0.05) is 13.0 Å². The number of fused-ring (bicyclic) bond motifs is 1. The van der Waals surface area contributed by atoms with Crippen LogP contribution in [0.25, 0.3) is 0 Å². The van der Waals surface area contributed by atoms with Crippen LogP contribution in [-0.4, -0.2) is 39.0 Å². The average Bonchev–Trinajstić information content (AvgIpc) is 2.54. The van der Waals surface area contributed by atoms with Gasteiger partial charge >= 0.3 is 0 Å². The first-order valence-electron chi connectivity index (χ1n) is 8.34. The summed E-state index contributed by atoms with van der Waals surface area (Å²) in [6.45, 7) is 7.00. The van der Waals surface area contributed by atoms with Crippen LogP contribution in [-0.2, 0) is 17.7 Å². The Morgan fingerprint density at radius 1 is 1.18 bits per heavy atom. The second kappa shape index (κ2) is 8.39. The van der Waals surface area contributed by atoms with E-state index in [1.54, 1.807) is 14.2 Å². The van der Waals surface area contributed by atoms with Crippen molar-refractivity contribution in [1.29, 1.82) is 0 Å². The van der Waals surface area contributed by atoms with Crippen LogP contribution in [0.3, 0.4) is 0 Å². The topological polar surface area (TPSA) is 30.9 Å². The molecule has 1 aromatic rings. The zero-order valence-corrected chi connectivity index (χ0v) is 14.4. The first-order valence-corrected chi connectivity index (χ1v) is 8.34. The molecule has 1 aliphatic rings. The fourth-order valence-electron chi connectivity index (χ4n) is 3.34. The molecule has 0 aliphatic heterocycles. The van der Waals surface area contributed by atoms with Gasteiger partial charge in [0.15, 0.2) is 11.5 Å². The first kappa shape index (κ1) is 17.1. The first-order chi connectivity index (χ1) is 10.7. The van der Waals surface area contributed by atoms with Gasteiger partial charge in [0.05, 0.1) is 20.8 Å². The summed E-state index contributed by atoms with van der Waals surface area (Å²) in [6, 6.07) is 4.21. The predicted molar refractivity (Wildman–Crippen MR) is 88.6 cm³/mol. The Kier molecular flexibility index (Phi) is 6.52. The van der Waals surface area contributed by atoms with Crippen molar-refractivity contribution >= 4 is 0 Å². The molecule has 1 atom stereocenters. The Bertz CT molecular complexity index is 470. The van der Waals surface area contributed by atoms with E-state index in [-0.39, 0.29) is 0 Å². The van der Waals surface area contributed by atoms with E-state index in [0.29, 0.717) is 5.92 Å². The molecule has 0 radical (unpaired) electrons. The summed E-state index contributed by atoms with van der Waals surface area (Å²) in [6.07, 6.45) is 4.42. The van der Waals surface area contributed by atoms with Crippen LogP contribution in [0.2, 0.25) is 0 Å². The molecule has 22 heavy (non-hydrogen) atoms. The molecule has 1 aromatic carbocycles. The lowest BCUT2D eigenvalue weighted by atomic mass is 9.83. The molecular formula is C18H29NO3. The summed E-state index contributed by atoms with van der Waals surface area (Å²) in [4.78, 5) is 5.74. The molecule has 0 spiro atoms. The van der Waals surface area contributed by atoms with E-state index >= 15 is 0 Å². The molecule has 4 nitrogen and oxygen atoms in total. The van der Waals surface area contributed by atoms with Crippen LogP contribution < -0.4 is 9.47 Å². The highest BCUT2D eigenvalue weighted by Gasteiger charge is 2.25. The van der Waals surface area contributed by atoms with Crippen molar-refractivity contribution in [2.45, 2.75) is 39.5 Å². The third-order valence-corrected chi connectivity index (χ3v) is 4.30. The third kappa shape index (κ3) is 3.93. The minimum absolute atomic E-state index is 0.642. The fourth-order valence-corrected chi connectivity index (χ4v) is 3.34. The molecule has 0 aromatic heterocycles. The number of methoxy groups -OCH3 is 2. The Balaban J connectivity index is 2.08. The van der Waals surface area contributed by atoms with Crippen molar-refractivity contribution < 1.29 is 14.3 Å². The molecule has 0 heterocycles. The maximum absolute atomic E-state index is 5.74. The quantitative estimate of drug-likeness (QED) is 0.688. The number of nitrogens with zero attached hydrogens (tertiary/aromatic N) is 1. The van der Waals surface area contributed by atoms with Gasteiger partial charge in [-0.25, -0.2) is 0 Å². The number of hydrogen-bond acceptors (Lipinski definition) is 4. The molecule has 0 N–H and O–H groups in total. The number of hydroxylamine groups is 2. The van der Waals surface area contributed by atoms with Crippen LogP contribution in [0, 0.1) is 5.92 Å². The molecule has 0 fully saturated rings. The lowest BCUT2D eigenvalue weighted by Crippen LogP contribution is -2.33. The van der Waals surface area contributed by atoms with Gasteiger partial charge in [-0.15, -0.1) is 0 Å². The second-order valence-electron chi connectivity index (χ2n) is 5.85. The number of benzene rings is 1. The van der Waals surface area contributed by atoms with Crippen LogP contribution in [0.5, 0.6) is 11.5 Å². The summed E-state index contributed by atoms with van der Waals surface area (Å²) in [5, 5.41) is 2.14. The highest BCUT2D eigenvalue weighted by atomic mass is 16.7. The minimum atomic E-state index is 0.642. The maximum atomic E-state index is 5.74. The highest BCUT2D eigenvalue weighted by molar-refractivity contribution is 5.51. The van der Waals surface area contributed by atoms with Gasteiger partial charge in [0.25, 0.3) is 0 Å².